The minimum atomic E-state index is -4.90. The number of nitrogens with zero attached hydrogens (tertiary/aromatic N) is 3. The first-order chi connectivity index (χ1) is 18.4. The lowest BCUT2D eigenvalue weighted by Gasteiger charge is -2.11. The van der Waals surface area contributed by atoms with Crippen molar-refractivity contribution in [1.82, 2.24) is 24.4 Å². The van der Waals surface area contributed by atoms with Crippen LogP contribution >= 0.6 is 0 Å². The Morgan fingerprint density at radius 3 is 2.31 bits per heavy atom. The number of aromatic nitrogens is 3. The number of halogens is 3. The number of alkyl halides is 3. The fourth-order valence-corrected chi connectivity index (χ4v) is 5.06. The van der Waals surface area contributed by atoms with Crippen LogP contribution in [0.1, 0.15) is 29.6 Å². The predicted octanol–water partition coefficient (Wildman–Crippen LogP) is 4.70. The van der Waals surface area contributed by atoms with Gasteiger partial charge in [-0.1, -0.05) is 31.2 Å². The van der Waals surface area contributed by atoms with Crippen molar-refractivity contribution in [3.05, 3.63) is 77.4 Å². The van der Waals surface area contributed by atoms with E-state index in [1.54, 1.807) is 0 Å². The highest BCUT2D eigenvalue weighted by atomic mass is 32.2. The number of urea groups is 1. The van der Waals surface area contributed by atoms with Crippen LogP contribution in [0, 0.1) is 13.8 Å². The standard InChI is InChI=1S/C26H26F3N5O4S/c1-4-22-23(34-15-16(2)31-17(3)24(34)32-22)19-7-5-18(6-8-19)13-14-30-25(35)33-39(36,37)21-11-9-20(10-12-21)38-26(27,28)29/h5-12,15H,4,13-14H2,1-3H3,(H2,30,33,35). The lowest BCUT2D eigenvalue weighted by Crippen LogP contribution is -2.40. The van der Waals surface area contributed by atoms with Crippen LogP contribution in [0.4, 0.5) is 18.0 Å². The summed E-state index contributed by atoms with van der Waals surface area (Å²) in [6, 6.07) is 10.3. The van der Waals surface area contributed by atoms with Crippen LogP contribution in [0.25, 0.3) is 16.9 Å². The Labute approximate surface area is 223 Å². The third-order valence-electron chi connectivity index (χ3n) is 5.82. The Hall–Kier alpha value is -4.13. The van der Waals surface area contributed by atoms with Gasteiger partial charge in [-0.15, -0.1) is 13.2 Å². The summed E-state index contributed by atoms with van der Waals surface area (Å²) in [6.07, 6.45) is -1.75. The van der Waals surface area contributed by atoms with Gasteiger partial charge in [-0.2, -0.15) is 0 Å². The second-order valence-electron chi connectivity index (χ2n) is 8.75. The summed E-state index contributed by atoms with van der Waals surface area (Å²) in [4.78, 5) is 21.0. The minimum Gasteiger partial charge on any atom is -0.406 e. The highest BCUT2D eigenvalue weighted by molar-refractivity contribution is 7.90. The summed E-state index contributed by atoms with van der Waals surface area (Å²) in [5.41, 5.74) is 6.41. The summed E-state index contributed by atoms with van der Waals surface area (Å²) in [5.74, 6) is -0.577. The van der Waals surface area contributed by atoms with Gasteiger partial charge in [-0.05, 0) is 56.5 Å². The molecule has 0 radical (unpaired) electrons. The van der Waals surface area contributed by atoms with Crippen molar-refractivity contribution in [3.63, 3.8) is 0 Å². The van der Waals surface area contributed by atoms with E-state index in [-0.39, 0.29) is 11.4 Å². The summed E-state index contributed by atoms with van der Waals surface area (Å²) in [6.45, 7) is 6.06. The van der Waals surface area contributed by atoms with Gasteiger partial charge in [0.15, 0.2) is 5.65 Å². The average Bonchev–Trinajstić information content (AvgIpc) is 3.22. The number of sulfonamides is 1. The zero-order chi connectivity index (χ0) is 28.4. The molecule has 2 heterocycles. The van der Waals surface area contributed by atoms with E-state index in [0.29, 0.717) is 6.42 Å². The highest BCUT2D eigenvalue weighted by Gasteiger charge is 2.31. The molecule has 13 heteroatoms. The Kier molecular flexibility index (Phi) is 7.82. The van der Waals surface area contributed by atoms with Crippen molar-refractivity contribution in [2.24, 2.45) is 0 Å². The van der Waals surface area contributed by atoms with Crippen molar-refractivity contribution in [3.8, 4) is 17.0 Å². The van der Waals surface area contributed by atoms with Crippen molar-refractivity contribution >= 4 is 21.7 Å². The summed E-state index contributed by atoms with van der Waals surface area (Å²) >= 11 is 0. The molecule has 2 aromatic carbocycles. The third kappa shape index (κ3) is 6.66. The molecular formula is C26H26F3N5O4S. The van der Waals surface area contributed by atoms with Crippen molar-refractivity contribution in [2.75, 3.05) is 6.54 Å². The maximum absolute atomic E-state index is 12.4. The number of benzene rings is 2. The van der Waals surface area contributed by atoms with Gasteiger partial charge in [0.25, 0.3) is 10.0 Å². The lowest BCUT2D eigenvalue weighted by atomic mass is 10.0. The van der Waals surface area contributed by atoms with E-state index < -0.39 is 28.2 Å². The van der Waals surface area contributed by atoms with Gasteiger partial charge in [-0.25, -0.2) is 22.9 Å². The van der Waals surface area contributed by atoms with E-state index in [2.05, 4.69) is 19.4 Å². The number of carbonyl (C=O) groups excluding carboxylic acids is 1. The topological polar surface area (TPSA) is 115 Å². The summed E-state index contributed by atoms with van der Waals surface area (Å²) < 4.78 is 69.2. The van der Waals surface area contributed by atoms with E-state index in [1.165, 1.54) is 0 Å². The van der Waals surface area contributed by atoms with Crippen LogP contribution in [0.3, 0.4) is 0 Å². The van der Waals surface area contributed by atoms with Gasteiger partial charge < -0.3 is 10.1 Å². The average molecular weight is 562 g/mol. The molecule has 0 fully saturated rings. The van der Waals surface area contributed by atoms with Gasteiger partial charge in [0.2, 0.25) is 0 Å². The number of aryl methyl sites for hydroxylation is 3. The lowest BCUT2D eigenvalue weighted by molar-refractivity contribution is -0.274. The first kappa shape index (κ1) is 27.9. The second kappa shape index (κ2) is 10.9. The summed E-state index contributed by atoms with van der Waals surface area (Å²) in [7, 11) is -4.29. The minimum absolute atomic E-state index is 0.152. The van der Waals surface area contributed by atoms with Gasteiger partial charge in [0.05, 0.1) is 27.7 Å². The molecule has 39 heavy (non-hydrogen) atoms. The molecule has 0 aliphatic heterocycles. The van der Waals surface area contributed by atoms with Crippen molar-refractivity contribution in [2.45, 2.75) is 44.9 Å². The van der Waals surface area contributed by atoms with Crippen LogP contribution in [0.15, 0.2) is 59.6 Å². The molecule has 2 N–H and O–H groups in total. The van der Waals surface area contributed by atoms with Gasteiger partial charge in [-0.3, -0.25) is 9.38 Å². The Morgan fingerprint density at radius 1 is 1.03 bits per heavy atom. The molecule has 0 saturated heterocycles. The number of fused-ring (bicyclic) bond motifs is 1. The molecule has 0 saturated carbocycles. The number of hydrogen-bond donors (Lipinski definition) is 2. The van der Waals surface area contributed by atoms with Gasteiger partial charge >= 0.3 is 12.4 Å². The Morgan fingerprint density at radius 2 is 1.69 bits per heavy atom. The summed E-state index contributed by atoms with van der Waals surface area (Å²) in [5, 5.41) is 2.47. The first-order valence-electron chi connectivity index (χ1n) is 12.0. The van der Waals surface area contributed by atoms with E-state index in [0.717, 1.165) is 70.2 Å². The third-order valence-corrected chi connectivity index (χ3v) is 7.17. The normalized spacial score (nSPS) is 11.9. The molecule has 0 spiro atoms. The molecule has 206 valence electrons. The molecule has 0 unspecified atom stereocenters. The largest absolute Gasteiger partial charge is 0.573 e. The molecule has 0 atom stereocenters. The Balaban J connectivity index is 1.36. The number of ether oxygens (including phenoxy) is 1. The number of nitrogens with one attached hydrogen (secondary N) is 2. The van der Waals surface area contributed by atoms with E-state index in [4.69, 9.17) is 4.98 Å². The fourth-order valence-electron chi connectivity index (χ4n) is 4.13. The first-order valence-corrected chi connectivity index (χ1v) is 13.5. The smallest absolute Gasteiger partial charge is 0.406 e. The molecule has 0 bridgehead atoms. The quantitative estimate of drug-likeness (QED) is 0.322. The second-order valence-corrected chi connectivity index (χ2v) is 10.4. The van der Waals surface area contributed by atoms with E-state index in [9.17, 15) is 26.4 Å². The molecular weight excluding hydrogens is 535 g/mol. The molecule has 4 rings (SSSR count). The zero-order valence-corrected chi connectivity index (χ0v) is 22.2. The fraction of sp³-hybridized carbons (Fsp3) is 0.269. The molecule has 2 amide bonds. The SMILES string of the molecule is CCc1nc2c(C)nc(C)cn2c1-c1ccc(CCNC(=O)NS(=O)(=O)c2ccc(OC(F)(F)F)cc2)cc1. The van der Waals surface area contributed by atoms with Crippen LogP contribution in [-0.2, 0) is 22.9 Å². The number of imidazole rings is 1. The maximum atomic E-state index is 12.4. The number of hydrogen-bond acceptors (Lipinski definition) is 6. The van der Waals surface area contributed by atoms with E-state index >= 15 is 0 Å². The number of amides is 2. The van der Waals surface area contributed by atoms with Crippen LogP contribution in [-0.4, -0.2) is 41.7 Å². The maximum Gasteiger partial charge on any atom is 0.573 e. The zero-order valence-electron chi connectivity index (χ0n) is 21.3. The number of carbonyl (C=O) groups is 1. The predicted molar refractivity (Wildman–Crippen MR) is 138 cm³/mol. The number of rotatable bonds is 8. The van der Waals surface area contributed by atoms with Crippen molar-refractivity contribution in [1.29, 1.82) is 0 Å². The molecule has 0 aliphatic rings. The van der Waals surface area contributed by atoms with Crippen LogP contribution in [0.5, 0.6) is 5.75 Å². The van der Waals surface area contributed by atoms with Crippen molar-refractivity contribution < 1.29 is 31.1 Å². The molecule has 4 aromatic rings. The van der Waals surface area contributed by atoms with Crippen LogP contribution in [0.2, 0.25) is 0 Å². The molecule has 9 nitrogen and oxygen atoms in total. The molecule has 0 aliphatic carbocycles. The van der Waals surface area contributed by atoms with Gasteiger partial charge in [0.1, 0.15) is 5.75 Å². The Bertz CT molecular complexity index is 1600. The highest BCUT2D eigenvalue weighted by Crippen LogP contribution is 2.27. The molecule has 2 aromatic heterocycles. The monoisotopic (exact) mass is 561 g/mol. The van der Waals surface area contributed by atoms with Gasteiger partial charge in [0, 0.05) is 18.3 Å². The van der Waals surface area contributed by atoms with Crippen LogP contribution < -0.4 is 14.8 Å². The van der Waals surface area contributed by atoms with E-state index in [1.807, 2.05) is 56.0 Å².